The van der Waals surface area contributed by atoms with Crippen LogP contribution in [0.15, 0.2) is 12.2 Å². The van der Waals surface area contributed by atoms with Crippen molar-refractivity contribution in [1.82, 2.24) is 0 Å². The van der Waals surface area contributed by atoms with Crippen LogP contribution in [0.1, 0.15) is 71.1 Å². The molecule has 0 aromatic carbocycles. The molecule has 1 heterocycles. The number of hydrogen-bond acceptors (Lipinski definition) is 5. The summed E-state index contributed by atoms with van der Waals surface area (Å²) in [6, 6.07) is 0. The Morgan fingerprint density at radius 3 is 2.12 bits per heavy atom. The van der Waals surface area contributed by atoms with E-state index < -0.39 is 24.4 Å². The Morgan fingerprint density at radius 2 is 1.60 bits per heavy atom. The van der Waals surface area contributed by atoms with Crippen molar-refractivity contribution in [3.8, 4) is 0 Å². The lowest BCUT2D eigenvalue weighted by Crippen LogP contribution is -2.42. The van der Waals surface area contributed by atoms with Crippen LogP contribution in [-0.4, -0.2) is 59.6 Å². The third-order valence-electron chi connectivity index (χ3n) is 4.82. The first-order valence-electron chi connectivity index (χ1n) is 10.0. The van der Waals surface area contributed by atoms with E-state index in [-0.39, 0.29) is 13.2 Å². The van der Waals surface area contributed by atoms with Gasteiger partial charge in [-0.25, -0.2) is 0 Å². The first-order chi connectivity index (χ1) is 12.2. The van der Waals surface area contributed by atoms with Gasteiger partial charge in [0.25, 0.3) is 0 Å². The van der Waals surface area contributed by atoms with Crippen LogP contribution in [0.3, 0.4) is 0 Å². The van der Waals surface area contributed by atoms with Crippen LogP contribution < -0.4 is 0 Å². The Labute approximate surface area is 153 Å². The molecule has 1 aliphatic heterocycles. The number of unbranched alkanes of at least 4 members (excludes halogenated alkanes) is 9. The van der Waals surface area contributed by atoms with Gasteiger partial charge in [0.05, 0.1) is 13.2 Å². The minimum absolute atomic E-state index is 0.0982. The molecule has 0 saturated carbocycles. The van der Waals surface area contributed by atoms with Gasteiger partial charge in [-0.05, 0) is 26.2 Å². The second-order valence-electron chi connectivity index (χ2n) is 6.99. The molecule has 4 atom stereocenters. The molecular weight excluding hydrogens is 320 g/mol. The van der Waals surface area contributed by atoms with E-state index in [4.69, 9.17) is 9.47 Å². The van der Waals surface area contributed by atoms with E-state index in [9.17, 15) is 15.3 Å². The molecule has 0 amide bonds. The fraction of sp³-hybridized carbons (Fsp3) is 0.900. The van der Waals surface area contributed by atoms with Crippen molar-refractivity contribution in [2.45, 2.75) is 95.5 Å². The number of allylic oxidation sites excluding steroid dienone is 2. The SMILES string of the molecule is C/C=C/CCCCCCCCCCCO[C@H](CO)[C@@H]1OC[C@H](O)[C@@H]1O. The molecule has 0 aliphatic carbocycles. The zero-order valence-corrected chi connectivity index (χ0v) is 15.8. The van der Waals surface area contributed by atoms with Gasteiger partial charge in [-0.2, -0.15) is 0 Å². The number of aliphatic hydroxyl groups is 3. The maximum Gasteiger partial charge on any atom is 0.114 e. The Kier molecular flexibility index (Phi) is 13.3. The monoisotopic (exact) mass is 358 g/mol. The molecule has 5 heteroatoms. The molecule has 0 bridgehead atoms. The largest absolute Gasteiger partial charge is 0.394 e. The third-order valence-corrected chi connectivity index (χ3v) is 4.82. The van der Waals surface area contributed by atoms with E-state index in [2.05, 4.69) is 19.1 Å². The minimum atomic E-state index is -0.977. The van der Waals surface area contributed by atoms with Gasteiger partial charge in [0, 0.05) is 6.61 Å². The van der Waals surface area contributed by atoms with Gasteiger partial charge in [-0.1, -0.05) is 57.1 Å². The van der Waals surface area contributed by atoms with E-state index in [0.717, 1.165) is 12.8 Å². The van der Waals surface area contributed by atoms with E-state index in [1.54, 1.807) is 0 Å². The summed E-state index contributed by atoms with van der Waals surface area (Å²) >= 11 is 0. The van der Waals surface area contributed by atoms with Gasteiger partial charge in [0.15, 0.2) is 0 Å². The van der Waals surface area contributed by atoms with Crippen LogP contribution in [-0.2, 0) is 9.47 Å². The molecule has 0 aromatic rings. The summed E-state index contributed by atoms with van der Waals surface area (Å²) in [5, 5.41) is 28.7. The van der Waals surface area contributed by atoms with Crippen molar-refractivity contribution in [1.29, 1.82) is 0 Å². The van der Waals surface area contributed by atoms with Crippen LogP contribution in [0.25, 0.3) is 0 Å². The molecule has 1 saturated heterocycles. The summed E-state index contributed by atoms with van der Waals surface area (Å²) in [4.78, 5) is 0. The molecular formula is C20H38O5. The summed E-state index contributed by atoms with van der Waals surface area (Å²) in [5.41, 5.74) is 0. The molecule has 1 fully saturated rings. The highest BCUT2D eigenvalue weighted by molar-refractivity contribution is 4.88. The van der Waals surface area contributed by atoms with E-state index in [0.29, 0.717) is 6.61 Å². The first kappa shape index (κ1) is 22.6. The Bertz CT molecular complexity index is 334. The molecule has 0 aromatic heterocycles. The predicted octanol–water partition coefficient (Wildman–Crippen LogP) is 2.96. The van der Waals surface area contributed by atoms with Crippen LogP contribution in [0.4, 0.5) is 0 Å². The maximum atomic E-state index is 9.79. The molecule has 0 unspecified atom stereocenters. The molecule has 3 N–H and O–H groups in total. The third kappa shape index (κ3) is 9.71. The normalized spacial score (nSPS) is 25.0. The van der Waals surface area contributed by atoms with Crippen LogP contribution in [0.5, 0.6) is 0 Å². The number of aliphatic hydroxyl groups excluding tert-OH is 3. The van der Waals surface area contributed by atoms with E-state index >= 15 is 0 Å². The van der Waals surface area contributed by atoms with Gasteiger partial charge >= 0.3 is 0 Å². The average Bonchev–Trinajstić information content (AvgIpc) is 2.95. The van der Waals surface area contributed by atoms with Crippen molar-refractivity contribution in [3.63, 3.8) is 0 Å². The smallest absolute Gasteiger partial charge is 0.114 e. The summed E-state index contributed by atoms with van der Waals surface area (Å²) in [5.74, 6) is 0. The van der Waals surface area contributed by atoms with Gasteiger partial charge in [-0.3, -0.25) is 0 Å². The van der Waals surface area contributed by atoms with Crippen molar-refractivity contribution in [2.75, 3.05) is 19.8 Å². The Balaban J connectivity index is 1.91. The van der Waals surface area contributed by atoms with Crippen LogP contribution in [0, 0.1) is 0 Å². The Hall–Kier alpha value is -0.460. The van der Waals surface area contributed by atoms with Crippen molar-refractivity contribution in [3.05, 3.63) is 12.2 Å². The molecule has 1 aliphatic rings. The molecule has 0 spiro atoms. The Morgan fingerprint density at radius 1 is 1.00 bits per heavy atom. The maximum absolute atomic E-state index is 9.79. The summed E-state index contributed by atoms with van der Waals surface area (Å²) in [6.45, 7) is 2.52. The van der Waals surface area contributed by atoms with Crippen LogP contribution >= 0.6 is 0 Å². The predicted molar refractivity (Wildman–Crippen MR) is 99.6 cm³/mol. The summed E-state index contributed by atoms with van der Waals surface area (Å²) in [7, 11) is 0. The molecule has 0 radical (unpaired) electrons. The number of ether oxygens (including phenoxy) is 2. The molecule has 5 nitrogen and oxygen atoms in total. The van der Waals surface area contributed by atoms with Crippen molar-refractivity contribution >= 4 is 0 Å². The fourth-order valence-corrected chi connectivity index (χ4v) is 3.21. The molecule has 148 valence electrons. The second kappa shape index (κ2) is 14.7. The quantitative estimate of drug-likeness (QED) is 0.310. The van der Waals surface area contributed by atoms with Gasteiger partial charge in [-0.15, -0.1) is 0 Å². The van der Waals surface area contributed by atoms with Crippen molar-refractivity contribution in [2.24, 2.45) is 0 Å². The van der Waals surface area contributed by atoms with Gasteiger partial charge in [0.2, 0.25) is 0 Å². The zero-order valence-electron chi connectivity index (χ0n) is 15.8. The van der Waals surface area contributed by atoms with E-state index in [1.165, 1.54) is 51.4 Å². The standard InChI is InChI=1S/C20H38O5/c1-2-3-4-5-6-7-8-9-10-11-12-13-14-24-18(15-21)20-19(23)17(22)16-25-20/h2-3,17-23H,4-16H2,1H3/b3-2+/t17-,18+,19-,20-/m0/s1. The lowest BCUT2D eigenvalue weighted by Gasteiger charge is -2.24. The summed E-state index contributed by atoms with van der Waals surface area (Å²) in [6.07, 6.45) is 13.7. The van der Waals surface area contributed by atoms with Crippen molar-refractivity contribution < 1.29 is 24.8 Å². The fourth-order valence-electron chi connectivity index (χ4n) is 3.21. The lowest BCUT2D eigenvalue weighted by atomic mass is 10.1. The van der Waals surface area contributed by atoms with Gasteiger partial charge < -0.3 is 24.8 Å². The topological polar surface area (TPSA) is 79.2 Å². The van der Waals surface area contributed by atoms with Crippen LogP contribution in [0.2, 0.25) is 0 Å². The summed E-state index contributed by atoms with van der Waals surface area (Å²) < 4.78 is 10.9. The van der Waals surface area contributed by atoms with E-state index in [1.807, 2.05) is 0 Å². The highest BCUT2D eigenvalue weighted by atomic mass is 16.6. The number of rotatable bonds is 15. The molecule has 1 rings (SSSR count). The highest BCUT2D eigenvalue weighted by Crippen LogP contribution is 2.20. The lowest BCUT2D eigenvalue weighted by molar-refractivity contribution is -0.101. The zero-order chi connectivity index (χ0) is 18.3. The highest BCUT2D eigenvalue weighted by Gasteiger charge is 2.40. The average molecular weight is 359 g/mol. The minimum Gasteiger partial charge on any atom is -0.394 e. The number of hydrogen-bond donors (Lipinski definition) is 3. The molecule has 25 heavy (non-hydrogen) atoms. The first-order valence-corrected chi connectivity index (χ1v) is 10.0. The van der Waals surface area contributed by atoms with Gasteiger partial charge in [0.1, 0.15) is 24.4 Å². The second-order valence-corrected chi connectivity index (χ2v) is 6.99.